The van der Waals surface area contributed by atoms with Gasteiger partial charge in [0.2, 0.25) is 0 Å². The summed E-state index contributed by atoms with van der Waals surface area (Å²) in [7, 11) is 0. The molecule has 1 aromatic heterocycles. The normalized spacial score (nSPS) is 10.7. The third kappa shape index (κ3) is 3.17. The average molecular weight is 170 g/mol. The molecule has 0 fully saturated rings. The van der Waals surface area contributed by atoms with Gasteiger partial charge in [0.1, 0.15) is 6.04 Å². The summed E-state index contributed by atoms with van der Waals surface area (Å²) in [6.45, 7) is 4.00. The van der Waals surface area contributed by atoms with Crippen LogP contribution < -0.4 is 5.73 Å². The molecule has 1 atom stereocenters. The van der Waals surface area contributed by atoms with Crippen molar-refractivity contribution in [3.8, 4) is 6.07 Å². The van der Waals surface area contributed by atoms with Crippen molar-refractivity contribution < 1.29 is 1.43 Å². The molecule has 0 aliphatic carbocycles. The first-order valence-corrected chi connectivity index (χ1v) is 4.41. The molecule has 0 amide bonds. The van der Waals surface area contributed by atoms with Crippen LogP contribution in [0.2, 0.25) is 0 Å². The topological polar surface area (TPSA) is 49.8 Å². The molecule has 0 saturated carbocycles. The second-order valence-corrected chi connectivity index (χ2v) is 2.60. The Morgan fingerprint density at radius 2 is 2.36 bits per heavy atom. The van der Waals surface area contributed by atoms with E-state index in [1.54, 1.807) is 0 Å². The lowest BCUT2D eigenvalue weighted by Gasteiger charge is -1.93. The monoisotopic (exact) mass is 170 g/mol. The number of rotatable bonds is 1. The van der Waals surface area contributed by atoms with Crippen molar-refractivity contribution in [3.05, 3.63) is 22.4 Å². The summed E-state index contributed by atoms with van der Waals surface area (Å²) in [5.74, 6) is 0. The van der Waals surface area contributed by atoms with Crippen LogP contribution in [-0.4, -0.2) is 0 Å². The van der Waals surface area contributed by atoms with Crippen molar-refractivity contribution in [3.63, 3.8) is 0 Å². The Balaban J connectivity index is 0. The zero-order chi connectivity index (χ0) is 8.69. The summed E-state index contributed by atoms with van der Waals surface area (Å²) in [5.41, 5.74) is 5.39. The first-order valence-electron chi connectivity index (χ1n) is 3.53. The van der Waals surface area contributed by atoms with E-state index in [0.717, 1.165) is 4.88 Å². The van der Waals surface area contributed by atoms with E-state index in [4.69, 9.17) is 11.0 Å². The van der Waals surface area contributed by atoms with Gasteiger partial charge in [-0.2, -0.15) is 5.26 Å². The van der Waals surface area contributed by atoms with Gasteiger partial charge in [-0.1, -0.05) is 19.9 Å². The molecule has 2 nitrogen and oxygen atoms in total. The fourth-order valence-corrected chi connectivity index (χ4v) is 1.20. The van der Waals surface area contributed by atoms with Gasteiger partial charge in [-0.15, -0.1) is 11.3 Å². The van der Waals surface area contributed by atoms with Gasteiger partial charge in [0, 0.05) is 6.30 Å². The molecule has 11 heavy (non-hydrogen) atoms. The smallest absolute Gasteiger partial charge is 0.128 e. The summed E-state index contributed by atoms with van der Waals surface area (Å²) < 4.78 is 0. The average Bonchev–Trinajstić information content (AvgIpc) is 2.59. The highest BCUT2D eigenvalue weighted by Gasteiger charge is 2.02. The van der Waals surface area contributed by atoms with E-state index < -0.39 is 6.04 Å². The molecule has 3 heteroatoms. The Morgan fingerprint density at radius 3 is 2.73 bits per heavy atom. The van der Waals surface area contributed by atoms with Crippen LogP contribution in [0.5, 0.6) is 0 Å². The molecule has 0 bridgehead atoms. The SMILES string of the molecule is CC.N#CC(N)c1cccs1.[HH]. The van der Waals surface area contributed by atoms with E-state index in [0.29, 0.717) is 0 Å². The summed E-state index contributed by atoms with van der Waals surface area (Å²) >= 11 is 1.51. The number of thiophene rings is 1. The molecule has 1 rings (SSSR count). The third-order valence-electron chi connectivity index (χ3n) is 0.989. The molecule has 0 aliphatic heterocycles. The molecule has 62 valence electrons. The van der Waals surface area contributed by atoms with Crippen LogP contribution in [0.4, 0.5) is 0 Å². The van der Waals surface area contributed by atoms with E-state index in [2.05, 4.69) is 0 Å². The number of hydrogen-bond donors (Lipinski definition) is 1. The molecule has 0 aliphatic rings. The predicted octanol–water partition coefficient (Wildman–Crippen LogP) is 2.54. The van der Waals surface area contributed by atoms with Gasteiger partial charge in [-0.25, -0.2) is 0 Å². The van der Waals surface area contributed by atoms with Crippen molar-refractivity contribution in [2.45, 2.75) is 19.9 Å². The molecule has 1 unspecified atom stereocenters. The van der Waals surface area contributed by atoms with Crippen molar-refractivity contribution in [2.24, 2.45) is 5.73 Å². The largest absolute Gasteiger partial charge is 0.312 e. The van der Waals surface area contributed by atoms with Crippen molar-refractivity contribution in [2.75, 3.05) is 0 Å². The van der Waals surface area contributed by atoms with Crippen LogP contribution in [-0.2, 0) is 0 Å². The lowest BCUT2D eigenvalue weighted by atomic mass is 10.3. The summed E-state index contributed by atoms with van der Waals surface area (Å²) in [6, 6.07) is 5.26. The van der Waals surface area contributed by atoms with E-state index in [1.807, 2.05) is 37.4 Å². The first kappa shape index (κ1) is 10.2. The Bertz CT molecular complexity index is 215. The fourth-order valence-electron chi connectivity index (χ4n) is 0.532. The number of nitrogens with zero attached hydrogens (tertiary/aromatic N) is 1. The molecule has 1 aromatic rings. The van der Waals surface area contributed by atoms with Gasteiger partial charge < -0.3 is 5.73 Å². The highest BCUT2D eigenvalue weighted by molar-refractivity contribution is 7.10. The molecule has 1 heterocycles. The highest BCUT2D eigenvalue weighted by Crippen LogP contribution is 2.14. The Hall–Kier alpha value is -0.850. The minimum Gasteiger partial charge on any atom is -0.312 e. The number of hydrogen-bond acceptors (Lipinski definition) is 3. The minimum absolute atomic E-state index is 0. The molecule has 0 aromatic carbocycles. The van der Waals surface area contributed by atoms with E-state index >= 15 is 0 Å². The van der Waals surface area contributed by atoms with Gasteiger partial charge in [-0.3, -0.25) is 0 Å². The van der Waals surface area contributed by atoms with Gasteiger partial charge >= 0.3 is 0 Å². The fraction of sp³-hybridized carbons (Fsp3) is 0.375. The highest BCUT2D eigenvalue weighted by atomic mass is 32.1. The second kappa shape index (κ2) is 5.90. The molecule has 0 saturated heterocycles. The maximum absolute atomic E-state index is 8.34. The summed E-state index contributed by atoms with van der Waals surface area (Å²) in [6.07, 6.45) is 0. The quantitative estimate of drug-likeness (QED) is 0.704. The van der Waals surface area contributed by atoms with Gasteiger partial charge in [0.15, 0.2) is 0 Å². The zero-order valence-corrected chi connectivity index (χ0v) is 7.56. The number of nitriles is 1. The Morgan fingerprint density at radius 1 is 1.73 bits per heavy atom. The van der Waals surface area contributed by atoms with Crippen molar-refractivity contribution in [1.82, 2.24) is 0 Å². The second-order valence-electron chi connectivity index (χ2n) is 1.62. The maximum atomic E-state index is 8.34. The van der Waals surface area contributed by atoms with Crippen LogP contribution in [0.15, 0.2) is 17.5 Å². The van der Waals surface area contributed by atoms with Gasteiger partial charge in [-0.05, 0) is 11.4 Å². The minimum atomic E-state index is -0.440. The van der Waals surface area contributed by atoms with Crippen LogP contribution in [0.1, 0.15) is 26.2 Å². The van der Waals surface area contributed by atoms with Crippen molar-refractivity contribution >= 4 is 11.3 Å². The van der Waals surface area contributed by atoms with Crippen LogP contribution in [0.3, 0.4) is 0 Å². The first-order chi connectivity index (χ1) is 5.34. The Labute approximate surface area is 72.8 Å². The van der Waals surface area contributed by atoms with Gasteiger partial charge in [0.25, 0.3) is 0 Å². The molecular formula is C8H14N2S. The van der Waals surface area contributed by atoms with Crippen LogP contribution >= 0.6 is 11.3 Å². The molecule has 0 spiro atoms. The van der Waals surface area contributed by atoms with E-state index in [9.17, 15) is 0 Å². The molecular weight excluding hydrogens is 156 g/mol. The molecule has 2 N–H and O–H groups in total. The molecule has 0 radical (unpaired) electrons. The van der Waals surface area contributed by atoms with Crippen LogP contribution in [0, 0.1) is 11.3 Å². The summed E-state index contributed by atoms with van der Waals surface area (Å²) in [5, 5.41) is 10.2. The summed E-state index contributed by atoms with van der Waals surface area (Å²) in [4.78, 5) is 0.928. The lowest BCUT2D eigenvalue weighted by Crippen LogP contribution is -2.04. The zero-order valence-electron chi connectivity index (χ0n) is 6.74. The number of nitrogens with two attached hydrogens (primary N) is 1. The lowest BCUT2D eigenvalue weighted by molar-refractivity contribution is 0.951. The standard InChI is InChI=1S/C6H6N2S.C2H6.H2/c7-4-5(8)6-2-1-3-9-6;1-2;/h1-3,5H,8H2;1-2H3;1H. The third-order valence-corrected chi connectivity index (χ3v) is 1.94. The van der Waals surface area contributed by atoms with Crippen molar-refractivity contribution in [1.29, 1.82) is 5.26 Å². The van der Waals surface area contributed by atoms with E-state index in [-0.39, 0.29) is 1.43 Å². The van der Waals surface area contributed by atoms with E-state index in [1.165, 1.54) is 11.3 Å². The van der Waals surface area contributed by atoms with Crippen LogP contribution in [0.25, 0.3) is 0 Å². The predicted molar refractivity (Wildman–Crippen MR) is 50.3 cm³/mol. The van der Waals surface area contributed by atoms with Gasteiger partial charge in [0.05, 0.1) is 6.07 Å². The maximum Gasteiger partial charge on any atom is 0.128 e. The Kier molecular flexibility index (Phi) is 5.44.